The molecule has 1 saturated carbocycles. The van der Waals surface area contributed by atoms with Gasteiger partial charge in [0.15, 0.2) is 6.10 Å². The van der Waals surface area contributed by atoms with E-state index in [0.29, 0.717) is 12.0 Å². The van der Waals surface area contributed by atoms with Crippen LogP contribution in [0.4, 0.5) is 0 Å². The van der Waals surface area contributed by atoms with Crippen molar-refractivity contribution in [1.29, 1.82) is 0 Å². The van der Waals surface area contributed by atoms with E-state index in [2.05, 4.69) is 0 Å². The van der Waals surface area contributed by atoms with Gasteiger partial charge in [-0.05, 0) is 39.9 Å². The van der Waals surface area contributed by atoms with Crippen molar-refractivity contribution in [2.45, 2.75) is 88.4 Å². The van der Waals surface area contributed by atoms with Gasteiger partial charge >= 0.3 is 17.9 Å². The highest BCUT2D eigenvalue weighted by molar-refractivity contribution is 5.93. The van der Waals surface area contributed by atoms with Crippen molar-refractivity contribution in [3.8, 4) is 0 Å². The lowest BCUT2D eigenvalue weighted by Crippen LogP contribution is -2.49. The minimum atomic E-state index is -0.645. The standard InChI is InChI=1S/C24H33NO7/c1-12-17-15-10-14(23(28)29-15)18(25(3)4)19(31-22(27)13-8-6-5-7-9-13)20-24(2,32-20)11-16(17)30-21(12)26/h10,12-13,15-20H,5-9,11H2,1-4H3/t12?,15-,16+,17+,18+,19+,20+,24+/m1/s1. The van der Waals surface area contributed by atoms with Gasteiger partial charge in [-0.1, -0.05) is 26.2 Å². The number of fused-ring (bicyclic) bond motifs is 4. The monoisotopic (exact) mass is 447 g/mol. The van der Waals surface area contributed by atoms with Crippen LogP contribution in [0.2, 0.25) is 0 Å². The number of esters is 3. The summed E-state index contributed by atoms with van der Waals surface area (Å²) in [5.74, 6) is -1.64. The topological polar surface area (TPSA) is 94.7 Å². The summed E-state index contributed by atoms with van der Waals surface area (Å²) in [5, 5.41) is 0. The van der Waals surface area contributed by atoms with Gasteiger partial charge in [0, 0.05) is 12.3 Å². The number of epoxide rings is 1. The molecule has 0 spiro atoms. The summed E-state index contributed by atoms with van der Waals surface area (Å²) in [6.45, 7) is 3.80. The van der Waals surface area contributed by atoms with E-state index in [1.807, 2.05) is 38.9 Å². The summed E-state index contributed by atoms with van der Waals surface area (Å²) in [6.07, 6.45) is 5.20. The summed E-state index contributed by atoms with van der Waals surface area (Å²) in [7, 11) is 3.74. The molecule has 0 amide bonds. The zero-order valence-electron chi connectivity index (χ0n) is 19.2. The van der Waals surface area contributed by atoms with E-state index in [1.54, 1.807) is 0 Å². The van der Waals surface area contributed by atoms with Crippen molar-refractivity contribution in [1.82, 2.24) is 4.90 Å². The number of carbonyl (C=O) groups excluding carboxylic acids is 3. The van der Waals surface area contributed by atoms with E-state index < -0.39 is 35.9 Å². The van der Waals surface area contributed by atoms with Gasteiger partial charge in [-0.2, -0.15) is 0 Å². The van der Waals surface area contributed by atoms with Crippen LogP contribution in [-0.4, -0.2) is 73.0 Å². The third-order valence-electron chi connectivity index (χ3n) is 8.07. The second-order valence-electron chi connectivity index (χ2n) is 10.5. The molecule has 3 aliphatic heterocycles. The van der Waals surface area contributed by atoms with Gasteiger partial charge in [-0.15, -0.1) is 0 Å². The normalized spacial score (nSPS) is 43.7. The molecule has 8 nitrogen and oxygen atoms in total. The van der Waals surface area contributed by atoms with Crippen LogP contribution in [0.1, 0.15) is 52.4 Å². The highest BCUT2D eigenvalue weighted by atomic mass is 16.6. The highest BCUT2D eigenvalue weighted by Gasteiger charge is 2.65. The maximum Gasteiger partial charge on any atom is 0.336 e. The lowest BCUT2D eigenvalue weighted by atomic mass is 9.79. The number of nitrogens with zero attached hydrogens (tertiary/aromatic N) is 1. The van der Waals surface area contributed by atoms with Crippen LogP contribution in [0.15, 0.2) is 11.6 Å². The minimum absolute atomic E-state index is 0.106. The molecule has 2 saturated heterocycles. The van der Waals surface area contributed by atoms with E-state index in [4.69, 9.17) is 18.9 Å². The Kier molecular flexibility index (Phi) is 5.36. The first-order chi connectivity index (χ1) is 15.2. The molecule has 5 rings (SSSR count). The third kappa shape index (κ3) is 3.55. The van der Waals surface area contributed by atoms with E-state index in [0.717, 1.165) is 32.1 Å². The Morgan fingerprint density at radius 3 is 2.56 bits per heavy atom. The Hall–Kier alpha value is -1.93. The first kappa shape index (κ1) is 21.9. The Morgan fingerprint density at radius 1 is 1.16 bits per heavy atom. The van der Waals surface area contributed by atoms with Gasteiger partial charge in [0.05, 0.1) is 29.1 Å². The lowest BCUT2D eigenvalue weighted by Gasteiger charge is -2.33. The lowest BCUT2D eigenvalue weighted by molar-refractivity contribution is -0.160. The summed E-state index contributed by atoms with van der Waals surface area (Å²) < 4.78 is 23.7. The van der Waals surface area contributed by atoms with Crippen molar-refractivity contribution in [2.24, 2.45) is 17.8 Å². The van der Waals surface area contributed by atoms with Crippen molar-refractivity contribution in [3.63, 3.8) is 0 Å². The molecule has 8 heteroatoms. The first-order valence-electron chi connectivity index (χ1n) is 11.9. The molecule has 0 N–H and O–H groups in total. The molecule has 3 heterocycles. The van der Waals surface area contributed by atoms with Crippen LogP contribution in [-0.2, 0) is 33.3 Å². The first-order valence-corrected chi connectivity index (χ1v) is 11.9. The van der Waals surface area contributed by atoms with Gasteiger partial charge < -0.3 is 18.9 Å². The summed E-state index contributed by atoms with van der Waals surface area (Å²) >= 11 is 0. The van der Waals surface area contributed by atoms with Gasteiger partial charge in [0.25, 0.3) is 0 Å². The Balaban J connectivity index is 1.50. The average molecular weight is 448 g/mol. The predicted molar refractivity (Wildman–Crippen MR) is 112 cm³/mol. The molecule has 2 bridgehead atoms. The molecule has 2 aliphatic carbocycles. The Morgan fingerprint density at radius 2 is 1.88 bits per heavy atom. The molecule has 3 fully saturated rings. The molecule has 1 unspecified atom stereocenters. The van der Waals surface area contributed by atoms with Gasteiger partial charge in [-0.25, -0.2) is 4.79 Å². The highest BCUT2D eigenvalue weighted by Crippen LogP contribution is 2.51. The van der Waals surface area contributed by atoms with E-state index in [9.17, 15) is 14.4 Å². The van der Waals surface area contributed by atoms with E-state index in [1.165, 1.54) is 0 Å². The number of carbonyl (C=O) groups is 3. The molecular formula is C24H33NO7. The van der Waals surface area contributed by atoms with Gasteiger partial charge in [0.2, 0.25) is 0 Å². The van der Waals surface area contributed by atoms with Crippen LogP contribution in [0.3, 0.4) is 0 Å². The van der Waals surface area contributed by atoms with Crippen LogP contribution in [0.25, 0.3) is 0 Å². The van der Waals surface area contributed by atoms with Crippen LogP contribution >= 0.6 is 0 Å². The maximum atomic E-state index is 13.1. The molecular weight excluding hydrogens is 414 g/mol. The van der Waals surface area contributed by atoms with Gasteiger partial charge in [0.1, 0.15) is 18.3 Å². The number of hydrogen-bond acceptors (Lipinski definition) is 8. The zero-order chi connectivity index (χ0) is 22.8. The molecule has 5 aliphatic rings. The summed E-state index contributed by atoms with van der Waals surface area (Å²) in [6, 6.07) is -0.489. The molecule has 176 valence electrons. The predicted octanol–water partition coefficient (Wildman–Crippen LogP) is 2.00. The van der Waals surface area contributed by atoms with Gasteiger partial charge in [-0.3, -0.25) is 14.5 Å². The molecule has 32 heavy (non-hydrogen) atoms. The maximum absolute atomic E-state index is 13.1. The Bertz CT molecular complexity index is 847. The van der Waals surface area contributed by atoms with Crippen molar-refractivity contribution in [3.05, 3.63) is 11.6 Å². The van der Waals surface area contributed by atoms with Crippen molar-refractivity contribution in [2.75, 3.05) is 14.1 Å². The fourth-order valence-electron chi connectivity index (χ4n) is 6.21. The van der Waals surface area contributed by atoms with Crippen molar-refractivity contribution >= 4 is 17.9 Å². The molecule has 0 aromatic heterocycles. The number of likely N-dealkylation sites (N-methyl/N-ethyl adjacent to an activating group) is 1. The summed E-state index contributed by atoms with van der Waals surface area (Å²) in [5.41, 5.74) is -0.133. The molecule has 0 radical (unpaired) electrons. The third-order valence-corrected chi connectivity index (χ3v) is 8.07. The second kappa shape index (κ2) is 7.83. The molecule has 0 aromatic carbocycles. The SMILES string of the molecule is CC1C(=O)O[C@H]2C[C@]3(C)O[C@H]3[C@@H](OC(=O)C3CCCCC3)[C@@H](N(C)C)C3=C[C@@H](OC3=O)[C@H]12. The Labute approximate surface area is 188 Å². The van der Waals surface area contributed by atoms with E-state index in [-0.39, 0.29) is 35.8 Å². The minimum Gasteiger partial charge on any atom is -0.462 e. The van der Waals surface area contributed by atoms with E-state index >= 15 is 0 Å². The van der Waals surface area contributed by atoms with Crippen molar-refractivity contribution < 1.29 is 33.3 Å². The number of hydrogen-bond donors (Lipinski definition) is 0. The average Bonchev–Trinajstić information content (AvgIpc) is 3.14. The van der Waals surface area contributed by atoms with Crippen LogP contribution < -0.4 is 0 Å². The number of rotatable bonds is 3. The quantitative estimate of drug-likeness (QED) is 0.368. The summed E-state index contributed by atoms with van der Waals surface area (Å²) in [4.78, 5) is 40.4. The van der Waals surface area contributed by atoms with Crippen LogP contribution in [0.5, 0.6) is 0 Å². The largest absolute Gasteiger partial charge is 0.462 e. The van der Waals surface area contributed by atoms with Crippen LogP contribution in [0, 0.1) is 17.8 Å². The fraction of sp³-hybridized carbons (Fsp3) is 0.792. The zero-order valence-corrected chi connectivity index (χ0v) is 19.2. The second-order valence-corrected chi connectivity index (χ2v) is 10.5. The fourth-order valence-corrected chi connectivity index (χ4v) is 6.21. The smallest absolute Gasteiger partial charge is 0.336 e. The number of ether oxygens (including phenoxy) is 4. The molecule has 8 atom stereocenters. The molecule has 0 aromatic rings.